The number of amides is 1. The number of nitrogens with zero attached hydrogens (tertiary/aromatic N) is 1. The van der Waals surface area contributed by atoms with Crippen LogP contribution < -0.4 is 0 Å². The van der Waals surface area contributed by atoms with E-state index in [2.05, 4.69) is 0 Å². The third kappa shape index (κ3) is 3.48. The van der Waals surface area contributed by atoms with Crippen molar-refractivity contribution in [1.29, 1.82) is 0 Å². The van der Waals surface area contributed by atoms with Gasteiger partial charge in [0.1, 0.15) is 11.9 Å². The van der Waals surface area contributed by atoms with Crippen molar-refractivity contribution in [3.8, 4) is 0 Å². The second kappa shape index (κ2) is 7.02. The topological polar surface area (TPSA) is 62.9 Å². The summed E-state index contributed by atoms with van der Waals surface area (Å²) in [6.45, 7) is 0.695. The number of carbonyl (C=O) groups excluding carboxylic acids is 1. The van der Waals surface area contributed by atoms with E-state index in [0.717, 1.165) is 24.8 Å². The van der Waals surface area contributed by atoms with Gasteiger partial charge in [0.05, 0.1) is 30.9 Å². The van der Waals surface area contributed by atoms with E-state index < -0.39 is 6.10 Å². The summed E-state index contributed by atoms with van der Waals surface area (Å²) in [4.78, 5) is 14.9. The van der Waals surface area contributed by atoms with Crippen molar-refractivity contribution in [3.05, 3.63) is 60.1 Å². The molecule has 1 amide bonds. The molecule has 0 radical (unpaired) electrons. The predicted octanol–water partition coefficient (Wildman–Crippen LogP) is 2.91. The molecule has 25 heavy (non-hydrogen) atoms. The maximum absolute atomic E-state index is 13.1. The molecule has 2 aromatic rings. The Hall–Kier alpha value is -2.11. The van der Waals surface area contributed by atoms with Crippen LogP contribution in [0.25, 0.3) is 0 Å². The van der Waals surface area contributed by atoms with Crippen molar-refractivity contribution in [3.63, 3.8) is 0 Å². The Morgan fingerprint density at radius 2 is 2.04 bits per heavy atom. The summed E-state index contributed by atoms with van der Waals surface area (Å²) < 4.78 is 11.1. The van der Waals surface area contributed by atoms with Gasteiger partial charge in [-0.2, -0.15) is 0 Å². The van der Waals surface area contributed by atoms with E-state index in [-0.39, 0.29) is 30.6 Å². The fourth-order valence-electron chi connectivity index (χ4n) is 3.95. The first-order valence-electron chi connectivity index (χ1n) is 8.90. The number of hydrogen-bond acceptors (Lipinski definition) is 4. The zero-order chi connectivity index (χ0) is 17.2. The second-order valence-corrected chi connectivity index (χ2v) is 6.95. The quantitative estimate of drug-likeness (QED) is 0.877. The summed E-state index contributed by atoms with van der Waals surface area (Å²) in [5.41, 5.74) is 1.05. The molecule has 3 heterocycles. The molecule has 1 aromatic carbocycles. The summed E-state index contributed by atoms with van der Waals surface area (Å²) in [6.07, 6.45) is 3.78. The molecular weight excluding hydrogens is 318 g/mol. The van der Waals surface area contributed by atoms with E-state index in [4.69, 9.17) is 9.15 Å². The smallest absolute Gasteiger partial charge is 0.228 e. The van der Waals surface area contributed by atoms with Gasteiger partial charge >= 0.3 is 0 Å². The number of ether oxygens (including phenoxy) is 1. The first-order valence-corrected chi connectivity index (χ1v) is 8.90. The average Bonchev–Trinajstić information content (AvgIpc) is 3.38. The Bertz CT molecular complexity index is 700. The van der Waals surface area contributed by atoms with Crippen LogP contribution >= 0.6 is 0 Å². The zero-order valence-electron chi connectivity index (χ0n) is 14.1. The average molecular weight is 341 g/mol. The number of rotatable bonds is 6. The number of hydrogen-bond donors (Lipinski definition) is 1. The highest BCUT2D eigenvalue weighted by atomic mass is 16.5. The highest BCUT2D eigenvalue weighted by Crippen LogP contribution is 2.40. The first kappa shape index (κ1) is 16.4. The molecule has 2 aliphatic heterocycles. The molecule has 2 fully saturated rings. The highest BCUT2D eigenvalue weighted by molar-refractivity contribution is 5.80. The fourth-order valence-corrected chi connectivity index (χ4v) is 3.95. The molecule has 0 aliphatic carbocycles. The summed E-state index contributed by atoms with van der Waals surface area (Å²) >= 11 is 0. The zero-order valence-corrected chi connectivity index (χ0v) is 14.1. The van der Waals surface area contributed by atoms with Crippen molar-refractivity contribution in [2.75, 3.05) is 6.54 Å². The van der Waals surface area contributed by atoms with Crippen molar-refractivity contribution in [2.24, 2.45) is 5.92 Å². The Labute approximate surface area is 147 Å². The van der Waals surface area contributed by atoms with Crippen LogP contribution in [0.15, 0.2) is 53.1 Å². The number of fused-ring (bicyclic) bond motifs is 2. The molecule has 1 aromatic heterocycles. The first-order chi connectivity index (χ1) is 12.2. The molecule has 5 heteroatoms. The van der Waals surface area contributed by atoms with Crippen LogP contribution in [0.5, 0.6) is 0 Å². The second-order valence-electron chi connectivity index (χ2n) is 6.95. The number of benzene rings is 1. The lowest BCUT2D eigenvalue weighted by molar-refractivity contribution is -0.139. The third-order valence-electron chi connectivity index (χ3n) is 5.22. The lowest BCUT2D eigenvalue weighted by atomic mass is 9.88. The standard InChI is InChI=1S/C20H23NO4/c22-17(19-7-4-10-24-19)13-21(12-14-5-2-1-3-6-14)20(23)16-11-15-8-9-18(16)25-15/h1-7,10,15-18,22H,8-9,11-13H2/t15-,16+,17-,18-/m1/s1. The van der Waals surface area contributed by atoms with Gasteiger partial charge in [-0.05, 0) is 37.0 Å². The number of aliphatic hydroxyl groups excluding tert-OH is 1. The molecule has 4 rings (SSSR count). The maximum atomic E-state index is 13.1. The van der Waals surface area contributed by atoms with Gasteiger partial charge in [-0.1, -0.05) is 30.3 Å². The minimum Gasteiger partial charge on any atom is -0.467 e. The van der Waals surface area contributed by atoms with Crippen molar-refractivity contribution in [1.82, 2.24) is 4.90 Å². The SMILES string of the molecule is O=C([C@H]1C[C@H]2CC[C@H]1O2)N(Cc1ccccc1)C[C@@H](O)c1ccco1. The largest absolute Gasteiger partial charge is 0.467 e. The summed E-state index contributed by atoms with van der Waals surface area (Å²) in [6, 6.07) is 13.3. The number of carbonyl (C=O) groups is 1. The highest BCUT2D eigenvalue weighted by Gasteiger charge is 2.45. The van der Waals surface area contributed by atoms with Gasteiger partial charge in [-0.25, -0.2) is 0 Å². The van der Waals surface area contributed by atoms with Crippen molar-refractivity contribution < 1.29 is 19.1 Å². The maximum Gasteiger partial charge on any atom is 0.228 e. The van der Waals surface area contributed by atoms with E-state index in [1.807, 2.05) is 30.3 Å². The summed E-state index contributed by atoms with van der Waals surface area (Å²) in [5.74, 6) is 0.461. The molecular formula is C20H23NO4. The molecule has 0 saturated carbocycles. The van der Waals surface area contributed by atoms with E-state index in [9.17, 15) is 9.90 Å². The molecule has 4 atom stereocenters. The Balaban J connectivity index is 1.51. The Morgan fingerprint density at radius 3 is 2.68 bits per heavy atom. The molecule has 0 spiro atoms. The van der Waals surface area contributed by atoms with Gasteiger partial charge in [0.2, 0.25) is 5.91 Å². The summed E-state index contributed by atoms with van der Waals surface area (Å²) in [7, 11) is 0. The monoisotopic (exact) mass is 341 g/mol. The van der Waals surface area contributed by atoms with Crippen LogP contribution in [0, 0.1) is 5.92 Å². The molecule has 132 valence electrons. The van der Waals surface area contributed by atoms with Crippen LogP contribution in [0.2, 0.25) is 0 Å². The predicted molar refractivity (Wildman–Crippen MR) is 91.5 cm³/mol. The fraction of sp³-hybridized carbons (Fsp3) is 0.450. The van der Waals surface area contributed by atoms with Gasteiger partial charge in [0.25, 0.3) is 0 Å². The summed E-state index contributed by atoms with van der Waals surface area (Å²) in [5, 5.41) is 10.5. The molecule has 2 aliphatic rings. The van der Waals surface area contributed by atoms with Crippen LogP contribution in [0.1, 0.15) is 36.7 Å². The van der Waals surface area contributed by atoms with Gasteiger partial charge < -0.3 is 19.2 Å². The molecule has 2 bridgehead atoms. The van der Waals surface area contributed by atoms with E-state index >= 15 is 0 Å². The Kier molecular flexibility index (Phi) is 4.59. The van der Waals surface area contributed by atoms with E-state index in [1.165, 1.54) is 6.26 Å². The molecule has 1 N–H and O–H groups in total. The van der Waals surface area contributed by atoms with Crippen LogP contribution in [-0.4, -0.2) is 34.7 Å². The lowest BCUT2D eigenvalue weighted by Crippen LogP contribution is -2.41. The van der Waals surface area contributed by atoms with Crippen molar-refractivity contribution >= 4 is 5.91 Å². The van der Waals surface area contributed by atoms with Gasteiger partial charge in [-0.3, -0.25) is 4.79 Å². The Morgan fingerprint density at radius 1 is 1.20 bits per heavy atom. The van der Waals surface area contributed by atoms with Crippen LogP contribution in [0.3, 0.4) is 0 Å². The number of aliphatic hydroxyl groups is 1. The van der Waals surface area contributed by atoms with E-state index in [1.54, 1.807) is 17.0 Å². The minimum absolute atomic E-state index is 0.0385. The lowest BCUT2D eigenvalue weighted by Gasteiger charge is -2.29. The number of furan rings is 1. The van der Waals surface area contributed by atoms with Gasteiger partial charge in [-0.15, -0.1) is 0 Å². The molecule has 2 saturated heterocycles. The van der Waals surface area contributed by atoms with Gasteiger partial charge in [0.15, 0.2) is 0 Å². The van der Waals surface area contributed by atoms with E-state index in [0.29, 0.717) is 12.3 Å². The normalized spacial score (nSPS) is 25.9. The third-order valence-corrected chi connectivity index (χ3v) is 5.22. The van der Waals surface area contributed by atoms with Crippen molar-refractivity contribution in [2.45, 2.75) is 44.1 Å². The minimum atomic E-state index is -0.831. The van der Waals surface area contributed by atoms with Crippen LogP contribution in [0.4, 0.5) is 0 Å². The van der Waals surface area contributed by atoms with Gasteiger partial charge in [0, 0.05) is 6.54 Å². The molecule has 5 nitrogen and oxygen atoms in total. The molecule has 0 unspecified atom stereocenters. The van der Waals surface area contributed by atoms with Crippen LogP contribution in [-0.2, 0) is 16.1 Å².